The Kier molecular flexibility index (Phi) is 9.85. The van der Waals surface area contributed by atoms with Gasteiger partial charge in [0.2, 0.25) is 0 Å². The third-order valence-corrected chi connectivity index (χ3v) is 6.32. The summed E-state index contributed by atoms with van der Waals surface area (Å²) in [6, 6.07) is 0. The minimum Gasteiger partial charge on any atom is -0.480 e. The molecule has 0 aliphatic heterocycles. The molecule has 0 saturated heterocycles. The summed E-state index contributed by atoms with van der Waals surface area (Å²) in [7, 11) is 0. The van der Waals surface area contributed by atoms with Gasteiger partial charge in [-0.2, -0.15) is 0 Å². The van der Waals surface area contributed by atoms with E-state index < -0.39 is 20.6 Å². The molecule has 0 amide bonds. The van der Waals surface area contributed by atoms with Gasteiger partial charge in [-0.05, 0) is 25.7 Å². The molecule has 0 spiro atoms. The van der Waals surface area contributed by atoms with Gasteiger partial charge in [-0.15, -0.1) is 0 Å². The molecule has 2 rings (SSSR count). The molecule has 4 nitrogen and oxygen atoms in total. The number of hydrogen-bond acceptors (Lipinski definition) is 2. The van der Waals surface area contributed by atoms with Crippen LogP contribution in [0.3, 0.4) is 0 Å². The van der Waals surface area contributed by atoms with Crippen LogP contribution in [0.1, 0.15) is 64.2 Å². The topological polar surface area (TPSA) is 74.6 Å². The van der Waals surface area contributed by atoms with Crippen molar-refractivity contribution in [1.29, 1.82) is 0 Å². The molecule has 2 aliphatic rings. The van der Waals surface area contributed by atoms with E-state index in [2.05, 4.69) is 31.9 Å². The van der Waals surface area contributed by atoms with Gasteiger partial charge in [0.15, 0.2) is 0 Å². The van der Waals surface area contributed by atoms with Gasteiger partial charge in [0.1, 0.15) is 8.65 Å². The van der Waals surface area contributed by atoms with Crippen LogP contribution in [0.25, 0.3) is 0 Å². The largest absolute Gasteiger partial charge is 0.480 e. The van der Waals surface area contributed by atoms with Crippen LogP contribution in [-0.2, 0) is 29.1 Å². The van der Waals surface area contributed by atoms with Crippen molar-refractivity contribution in [2.45, 2.75) is 72.9 Å². The predicted octanol–water partition coefficient (Wildman–Crippen LogP) is 4.34. The van der Waals surface area contributed by atoms with E-state index in [1.165, 1.54) is 12.8 Å². The average Bonchev–Trinajstić information content (AvgIpc) is 2.41. The second-order valence-corrected chi connectivity index (χ2v) is 8.70. The Morgan fingerprint density at radius 2 is 0.905 bits per heavy atom. The summed E-state index contributed by atoms with van der Waals surface area (Å²) in [5.41, 5.74) is 0. The van der Waals surface area contributed by atoms with Crippen LogP contribution in [0.2, 0.25) is 0 Å². The molecule has 0 radical (unpaired) electrons. The first-order chi connectivity index (χ1) is 9.30. The molecule has 2 N–H and O–H groups in total. The quantitative estimate of drug-likeness (QED) is 0.457. The monoisotopic (exact) mass is 476 g/mol. The van der Waals surface area contributed by atoms with E-state index in [1.807, 2.05) is 0 Å². The SMILES string of the molecule is O=C(O)C1(Br)CCCCC1.O=C(O)C1(Br)CCCCC1.[Zn]. The number of alkyl halides is 2. The van der Waals surface area contributed by atoms with Crippen LogP contribution in [0.5, 0.6) is 0 Å². The van der Waals surface area contributed by atoms with Crippen LogP contribution in [0.4, 0.5) is 0 Å². The van der Waals surface area contributed by atoms with Crippen LogP contribution < -0.4 is 0 Å². The first-order valence-corrected chi connectivity index (χ1v) is 8.73. The minimum atomic E-state index is -0.702. The third-order valence-electron chi connectivity index (χ3n) is 4.06. The molecule has 7 heteroatoms. The normalized spacial score (nSPS) is 23.0. The van der Waals surface area contributed by atoms with Gasteiger partial charge < -0.3 is 10.2 Å². The Balaban J connectivity index is 0.000000364. The first kappa shape index (κ1) is 21.5. The summed E-state index contributed by atoms with van der Waals surface area (Å²) >= 11 is 6.52. The van der Waals surface area contributed by atoms with E-state index in [9.17, 15) is 9.59 Å². The average molecular weight is 480 g/mol. The first-order valence-electron chi connectivity index (χ1n) is 7.15. The summed E-state index contributed by atoms with van der Waals surface area (Å²) in [5.74, 6) is -1.40. The number of carbonyl (C=O) groups is 2. The van der Waals surface area contributed by atoms with Crippen molar-refractivity contribution in [3.05, 3.63) is 0 Å². The molecule has 0 heterocycles. The van der Waals surface area contributed by atoms with Gasteiger partial charge >= 0.3 is 11.9 Å². The fourth-order valence-electron chi connectivity index (χ4n) is 2.65. The molecule has 0 atom stereocenters. The molecule has 0 aromatic carbocycles. The maximum absolute atomic E-state index is 10.6. The molecule has 2 fully saturated rings. The zero-order valence-corrected chi connectivity index (χ0v) is 18.4. The molecule has 0 aromatic rings. The van der Waals surface area contributed by atoms with Crippen molar-refractivity contribution in [1.82, 2.24) is 0 Å². The molecule has 0 aromatic heterocycles. The Morgan fingerprint density at radius 1 is 0.667 bits per heavy atom. The van der Waals surface area contributed by atoms with Gasteiger partial charge in [-0.3, -0.25) is 9.59 Å². The van der Waals surface area contributed by atoms with E-state index in [-0.39, 0.29) is 19.5 Å². The number of halogens is 2. The minimum absolute atomic E-state index is 0. The number of aliphatic carboxylic acids is 2. The molecule has 2 saturated carbocycles. The van der Waals surface area contributed by atoms with Crippen LogP contribution in [0.15, 0.2) is 0 Å². The van der Waals surface area contributed by atoms with Crippen molar-refractivity contribution < 1.29 is 39.3 Å². The number of carboxylic acids is 2. The van der Waals surface area contributed by atoms with Crippen molar-refractivity contribution >= 4 is 43.8 Å². The standard InChI is InChI=1S/2C7H11BrO2.Zn/c2*8-7(6(9)10)4-2-1-3-5-7;/h2*1-5H2,(H,9,10);. The number of carboxylic acid groups (broad SMARTS) is 2. The fourth-order valence-corrected chi connectivity index (χ4v) is 3.77. The summed E-state index contributed by atoms with van der Waals surface area (Å²) in [6.07, 6.45) is 9.64. The summed E-state index contributed by atoms with van der Waals surface area (Å²) in [6.45, 7) is 0. The van der Waals surface area contributed by atoms with Gasteiger partial charge in [-0.1, -0.05) is 70.4 Å². The predicted molar refractivity (Wildman–Crippen MR) is 84.8 cm³/mol. The van der Waals surface area contributed by atoms with Crippen LogP contribution in [-0.4, -0.2) is 30.8 Å². The van der Waals surface area contributed by atoms with E-state index in [4.69, 9.17) is 10.2 Å². The second kappa shape index (κ2) is 9.62. The van der Waals surface area contributed by atoms with Crippen molar-refractivity contribution in [2.75, 3.05) is 0 Å². The second-order valence-electron chi connectivity index (χ2n) is 5.66. The summed E-state index contributed by atoms with van der Waals surface area (Å²) in [4.78, 5) is 21.3. The summed E-state index contributed by atoms with van der Waals surface area (Å²) < 4.78 is -1.18. The molecule has 0 unspecified atom stereocenters. The third kappa shape index (κ3) is 6.66. The summed E-state index contributed by atoms with van der Waals surface area (Å²) in [5, 5.41) is 17.5. The number of rotatable bonds is 2. The van der Waals surface area contributed by atoms with Crippen LogP contribution in [0, 0.1) is 0 Å². The molecule has 118 valence electrons. The van der Waals surface area contributed by atoms with Gasteiger partial charge in [0, 0.05) is 19.5 Å². The maximum Gasteiger partial charge on any atom is 0.320 e. The molecular weight excluding hydrogens is 457 g/mol. The van der Waals surface area contributed by atoms with E-state index in [0.717, 1.165) is 51.4 Å². The van der Waals surface area contributed by atoms with E-state index in [0.29, 0.717) is 0 Å². The van der Waals surface area contributed by atoms with Crippen molar-refractivity contribution in [2.24, 2.45) is 0 Å². The molecule has 21 heavy (non-hydrogen) atoms. The van der Waals surface area contributed by atoms with E-state index in [1.54, 1.807) is 0 Å². The number of hydrogen-bond donors (Lipinski definition) is 2. The zero-order chi connectivity index (χ0) is 15.2. The molecule has 2 aliphatic carbocycles. The molecule has 0 bridgehead atoms. The zero-order valence-electron chi connectivity index (χ0n) is 12.2. The van der Waals surface area contributed by atoms with Crippen molar-refractivity contribution in [3.8, 4) is 0 Å². The Labute approximate surface area is 155 Å². The van der Waals surface area contributed by atoms with Crippen LogP contribution >= 0.6 is 31.9 Å². The van der Waals surface area contributed by atoms with Crippen molar-refractivity contribution in [3.63, 3.8) is 0 Å². The smallest absolute Gasteiger partial charge is 0.320 e. The Bertz CT molecular complexity index is 317. The maximum atomic E-state index is 10.6. The van der Waals surface area contributed by atoms with Gasteiger partial charge in [-0.25, -0.2) is 0 Å². The van der Waals surface area contributed by atoms with Gasteiger partial charge in [0.05, 0.1) is 0 Å². The Morgan fingerprint density at radius 3 is 1.05 bits per heavy atom. The van der Waals surface area contributed by atoms with E-state index >= 15 is 0 Å². The van der Waals surface area contributed by atoms with Gasteiger partial charge in [0.25, 0.3) is 0 Å². The molecular formula is C14H22Br2O4Zn. The fraction of sp³-hybridized carbons (Fsp3) is 0.857. The Hall–Kier alpha value is 0.523.